The highest BCUT2D eigenvalue weighted by molar-refractivity contribution is 5.33. The topological polar surface area (TPSA) is 84.6 Å². The van der Waals surface area contributed by atoms with Crippen molar-refractivity contribution in [3.05, 3.63) is 39.9 Å². The molecule has 20 heavy (non-hydrogen) atoms. The third-order valence-electron chi connectivity index (χ3n) is 3.49. The van der Waals surface area contributed by atoms with Gasteiger partial charge in [0.15, 0.2) is 0 Å². The fraction of sp³-hybridized carbons (Fsp3) is 0.571. The van der Waals surface area contributed by atoms with Crippen LogP contribution in [-0.4, -0.2) is 35.8 Å². The van der Waals surface area contributed by atoms with Gasteiger partial charge in [-0.3, -0.25) is 10.1 Å². The molecule has 0 amide bonds. The van der Waals surface area contributed by atoms with Gasteiger partial charge in [0.05, 0.1) is 17.1 Å². The van der Waals surface area contributed by atoms with Crippen LogP contribution in [0.5, 0.6) is 0 Å². The molecule has 1 aliphatic rings. The number of nitro groups is 1. The molecule has 1 fully saturated rings. The van der Waals surface area contributed by atoms with Crippen molar-refractivity contribution < 1.29 is 14.8 Å². The first-order chi connectivity index (χ1) is 9.66. The maximum Gasteiger partial charge on any atom is 0.269 e. The normalized spacial score (nSPS) is 19.9. The van der Waals surface area contributed by atoms with Gasteiger partial charge in [0.2, 0.25) is 0 Å². The van der Waals surface area contributed by atoms with Gasteiger partial charge in [-0.25, -0.2) is 0 Å². The Morgan fingerprint density at radius 1 is 1.45 bits per heavy atom. The molecule has 1 heterocycles. The molecule has 0 saturated carbocycles. The molecule has 0 aromatic heterocycles. The highest BCUT2D eigenvalue weighted by Gasteiger charge is 2.15. The van der Waals surface area contributed by atoms with Crippen LogP contribution in [0.4, 0.5) is 5.69 Å². The minimum atomic E-state index is -0.652. The third-order valence-corrected chi connectivity index (χ3v) is 3.49. The molecule has 2 atom stereocenters. The monoisotopic (exact) mass is 280 g/mol. The van der Waals surface area contributed by atoms with Crippen LogP contribution in [0.1, 0.15) is 30.9 Å². The molecule has 6 nitrogen and oxygen atoms in total. The Morgan fingerprint density at radius 3 is 2.80 bits per heavy atom. The van der Waals surface area contributed by atoms with Crippen molar-refractivity contribution in [3.8, 4) is 0 Å². The average molecular weight is 280 g/mol. The summed E-state index contributed by atoms with van der Waals surface area (Å²) in [6.07, 6.45) is 2.90. The van der Waals surface area contributed by atoms with Gasteiger partial charge in [0.1, 0.15) is 0 Å². The van der Waals surface area contributed by atoms with Gasteiger partial charge in [-0.15, -0.1) is 0 Å². The Labute approximate surface area is 117 Å². The summed E-state index contributed by atoms with van der Waals surface area (Å²) in [6.45, 7) is 2.09. The molecule has 1 aromatic rings. The predicted octanol–water partition coefficient (Wildman–Crippen LogP) is 1.79. The molecule has 0 bridgehead atoms. The van der Waals surface area contributed by atoms with E-state index in [2.05, 4.69) is 5.32 Å². The van der Waals surface area contributed by atoms with E-state index < -0.39 is 11.0 Å². The van der Waals surface area contributed by atoms with E-state index in [1.54, 1.807) is 12.1 Å². The van der Waals surface area contributed by atoms with Gasteiger partial charge in [-0.05, 0) is 43.5 Å². The summed E-state index contributed by atoms with van der Waals surface area (Å²) in [5.74, 6) is 0. The van der Waals surface area contributed by atoms with Crippen LogP contribution in [0.2, 0.25) is 0 Å². The average Bonchev–Trinajstić information content (AvgIpc) is 2.96. The van der Waals surface area contributed by atoms with Crippen LogP contribution in [0.25, 0.3) is 0 Å². The number of hydrogen-bond acceptors (Lipinski definition) is 5. The van der Waals surface area contributed by atoms with E-state index in [4.69, 9.17) is 4.74 Å². The lowest BCUT2D eigenvalue weighted by molar-refractivity contribution is -0.384. The van der Waals surface area contributed by atoms with Crippen LogP contribution in [-0.2, 0) is 4.74 Å². The number of aliphatic hydroxyl groups excluding tert-OH is 1. The Balaban J connectivity index is 1.70. The van der Waals surface area contributed by atoms with Crippen LogP contribution in [0, 0.1) is 10.1 Å². The highest BCUT2D eigenvalue weighted by atomic mass is 16.6. The Kier molecular flexibility index (Phi) is 5.46. The SMILES string of the molecule is O=[N+]([O-])c1ccc(C(O)CNCCC2CCCO2)cc1. The van der Waals surface area contributed by atoms with Gasteiger partial charge >= 0.3 is 0 Å². The number of hydrogen-bond donors (Lipinski definition) is 2. The summed E-state index contributed by atoms with van der Waals surface area (Å²) in [7, 11) is 0. The van der Waals surface area contributed by atoms with E-state index in [1.807, 2.05) is 0 Å². The van der Waals surface area contributed by atoms with Crippen molar-refractivity contribution in [1.82, 2.24) is 5.32 Å². The summed E-state index contributed by atoms with van der Waals surface area (Å²) in [5, 5.41) is 23.7. The van der Waals surface area contributed by atoms with E-state index in [-0.39, 0.29) is 5.69 Å². The zero-order valence-electron chi connectivity index (χ0n) is 11.3. The molecule has 1 saturated heterocycles. The number of benzene rings is 1. The molecule has 1 aromatic carbocycles. The first kappa shape index (κ1) is 14.9. The quantitative estimate of drug-likeness (QED) is 0.452. The lowest BCUT2D eigenvalue weighted by Gasteiger charge is -2.13. The molecule has 6 heteroatoms. The van der Waals surface area contributed by atoms with Crippen molar-refractivity contribution in [2.75, 3.05) is 19.7 Å². The smallest absolute Gasteiger partial charge is 0.269 e. The minimum Gasteiger partial charge on any atom is -0.387 e. The Bertz CT molecular complexity index is 429. The molecule has 0 spiro atoms. The molecule has 110 valence electrons. The van der Waals surface area contributed by atoms with Crippen molar-refractivity contribution in [2.24, 2.45) is 0 Å². The molecular formula is C14H20N2O4. The molecule has 1 aliphatic heterocycles. The standard InChI is InChI=1S/C14H20N2O4/c17-14(10-15-8-7-13-2-1-9-20-13)11-3-5-12(6-4-11)16(18)19/h3-6,13-15,17H,1-2,7-10H2. The van der Waals surface area contributed by atoms with E-state index >= 15 is 0 Å². The summed E-state index contributed by atoms with van der Waals surface area (Å²) in [5.41, 5.74) is 0.715. The third kappa shape index (κ3) is 4.26. The fourth-order valence-corrected chi connectivity index (χ4v) is 2.31. The molecule has 2 rings (SSSR count). The molecule has 2 N–H and O–H groups in total. The molecule has 0 radical (unpaired) electrons. The lowest BCUT2D eigenvalue weighted by atomic mass is 10.1. The van der Waals surface area contributed by atoms with Crippen LogP contribution < -0.4 is 5.32 Å². The second kappa shape index (κ2) is 7.33. The number of nitrogens with zero attached hydrogens (tertiary/aromatic N) is 1. The zero-order chi connectivity index (χ0) is 14.4. The minimum absolute atomic E-state index is 0.0345. The van der Waals surface area contributed by atoms with Gasteiger partial charge in [-0.2, -0.15) is 0 Å². The van der Waals surface area contributed by atoms with Gasteiger partial charge in [0, 0.05) is 25.3 Å². The largest absolute Gasteiger partial charge is 0.387 e. The number of ether oxygens (including phenoxy) is 1. The van der Waals surface area contributed by atoms with Crippen LogP contribution in [0.3, 0.4) is 0 Å². The maximum absolute atomic E-state index is 10.5. The van der Waals surface area contributed by atoms with Gasteiger partial charge in [0.25, 0.3) is 5.69 Å². The number of rotatable bonds is 7. The number of nitro benzene ring substituents is 1. The Morgan fingerprint density at radius 2 is 2.20 bits per heavy atom. The molecular weight excluding hydrogens is 260 g/mol. The summed E-state index contributed by atoms with van der Waals surface area (Å²) in [6, 6.07) is 5.99. The zero-order valence-corrected chi connectivity index (χ0v) is 11.3. The molecule has 2 unspecified atom stereocenters. The Hall–Kier alpha value is -1.50. The number of aliphatic hydroxyl groups is 1. The van der Waals surface area contributed by atoms with Crippen molar-refractivity contribution >= 4 is 5.69 Å². The van der Waals surface area contributed by atoms with E-state index in [0.717, 1.165) is 32.4 Å². The summed E-state index contributed by atoms with van der Waals surface area (Å²) in [4.78, 5) is 10.1. The maximum atomic E-state index is 10.5. The first-order valence-corrected chi connectivity index (χ1v) is 6.91. The highest BCUT2D eigenvalue weighted by Crippen LogP contribution is 2.17. The van der Waals surface area contributed by atoms with Crippen LogP contribution >= 0.6 is 0 Å². The van der Waals surface area contributed by atoms with Crippen molar-refractivity contribution in [3.63, 3.8) is 0 Å². The van der Waals surface area contributed by atoms with Gasteiger partial charge in [-0.1, -0.05) is 0 Å². The second-order valence-corrected chi connectivity index (χ2v) is 4.99. The fourth-order valence-electron chi connectivity index (χ4n) is 2.31. The second-order valence-electron chi connectivity index (χ2n) is 4.99. The van der Waals surface area contributed by atoms with Gasteiger partial charge < -0.3 is 15.2 Å². The first-order valence-electron chi connectivity index (χ1n) is 6.91. The molecule has 0 aliphatic carbocycles. The van der Waals surface area contributed by atoms with E-state index in [9.17, 15) is 15.2 Å². The lowest BCUT2D eigenvalue weighted by Crippen LogP contribution is -2.25. The number of non-ortho nitro benzene ring substituents is 1. The van der Waals surface area contributed by atoms with E-state index in [1.165, 1.54) is 12.1 Å². The van der Waals surface area contributed by atoms with Crippen LogP contribution in [0.15, 0.2) is 24.3 Å². The predicted molar refractivity (Wildman–Crippen MR) is 74.5 cm³/mol. The van der Waals surface area contributed by atoms with Crippen molar-refractivity contribution in [1.29, 1.82) is 0 Å². The number of nitrogens with one attached hydrogen (secondary N) is 1. The summed E-state index contributed by atoms with van der Waals surface area (Å²) < 4.78 is 5.51. The van der Waals surface area contributed by atoms with Crippen molar-refractivity contribution in [2.45, 2.75) is 31.5 Å². The van der Waals surface area contributed by atoms with E-state index in [0.29, 0.717) is 18.2 Å². The summed E-state index contributed by atoms with van der Waals surface area (Å²) >= 11 is 0.